The third-order valence-corrected chi connectivity index (χ3v) is 6.73. The van der Waals surface area contributed by atoms with Crippen LogP contribution >= 0.6 is 34.9 Å². The molecule has 0 saturated carbocycles. The summed E-state index contributed by atoms with van der Waals surface area (Å²) < 4.78 is 23.5. The van der Waals surface area contributed by atoms with Crippen LogP contribution in [0.1, 0.15) is 61.5 Å². The first-order valence-electron chi connectivity index (χ1n) is 8.60. The van der Waals surface area contributed by atoms with Crippen LogP contribution in [0.15, 0.2) is 0 Å². The molecule has 0 aromatic carbocycles. The van der Waals surface area contributed by atoms with Gasteiger partial charge < -0.3 is 18.9 Å². The second kappa shape index (κ2) is 9.64. The van der Waals surface area contributed by atoms with Gasteiger partial charge in [-0.05, 0) is 47.0 Å². The molecule has 0 amide bonds. The quantitative estimate of drug-likeness (QED) is 0.330. The topological polar surface area (TPSA) is 54.0 Å². The van der Waals surface area contributed by atoms with E-state index in [1.807, 2.05) is 27.7 Å². The minimum absolute atomic E-state index is 0.197. The van der Waals surface area contributed by atoms with E-state index in [4.69, 9.17) is 31.2 Å². The Kier molecular flexibility index (Phi) is 8.13. The molecular formula is C17H26O5S3. The number of ether oxygens (including phenoxy) is 4. The number of rotatable bonds is 9. The van der Waals surface area contributed by atoms with Crippen LogP contribution in [-0.4, -0.2) is 38.2 Å². The van der Waals surface area contributed by atoms with E-state index in [1.54, 1.807) is 0 Å². The van der Waals surface area contributed by atoms with Gasteiger partial charge in [0.2, 0.25) is 12.1 Å². The first-order valence-corrected chi connectivity index (χ1v) is 10.6. The second-order valence-corrected chi connectivity index (χ2v) is 9.37. The highest BCUT2D eigenvalue weighted by atomic mass is 32.2. The molecule has 0 N–H and O–H groups in total. The molecule has 1 saturated heterocycles. The van der Waals surface area contributed by atoms with Gasteiger partial charge in [0.1, 0.15) is 8.74 Å². The molecule has 25 heavy (non-hydrogen) atoms. The first kappa shape index (κ1) is 21.1. The van der Waals surface area contributed by atoms with Crippen LogP contribution in [0, 0.1) is 3.14 Å². The minimum Gasteiger partial charge on any atom is -0.353 e. The fourth-order valence-corrected chi connectivity index (χ4v) is 5.41. The van der Waals surface area contributed by atoms with Crippen LogP contribution in [0.3, 0.4) is 0 Å². The number of carbonyl (C=O) groups excluding carboxylic acids is 1. The Morgan fingerprint density at radius 1 is 1.28 bits per heavy atom. The average molecular weight is 407 g/mol. The molecule has 0 spiro atoms. The Labute approximate surface area is 162 Å². The van der Waals surface area contributed by atoms with Crippen molar-refractivity contribution in [1.82, 2.24) is 0 Å². The van der Waals surface area contributed by atoms with Crippen molar-refractivity contribution < 1.29 is 23.7 Å². The van der Waals surface area contributed by atoms with E-state index < -0.39 is 11.9 Å². The Morgan fingerprint density at radius 3 is 2.52 bits per heavy atom. The van der Waals surface area contributed by atoms with Gasteiger partial charge >= 0.3 is 0 Å². The van der Waals surface area contributed by atoms with Crippen molar-refractivity contribution in [2.75, 3.05) is 19.8 Å². The van der Waals surface area contributed by atoms with E-state index >= 15 is 0 Å². The standard InChI is InChI=1S/C17H26O5S3/c1-5-19-15(20-6-2)12(18)13-14(25-16(23)24-13)17(3,4)22-11-9-7-8-10-21-11/h11,15H,5-10H2,1-4H3. The maximum absolute atomic E-state index is 12.9. The largest absolute Gasteiger partial charge is 0.353 e. The van der Waals surface area contributed by atoms with Crippen molar-refractivity contribution in [2.45, 2.75) is 65.1 Å². The minimum atomic E-state index is -0.907. The third-order valence-electron chi connectivity index (χ3n) is 3.76. The molecule has 0 aliphatic carbocycles. The van der Waals surface area contributed by atoms with Crippen LogP contribution in [0.5, 0.6) is 0 Å². The van der Waals surface area contributed by atoms with Crippen LogP contribution in [-0.2, 0) is 24.5 Å². The lowest BCUT2D eigenvalue weighted by Crippen LogP contribution is -2.34. The van der Waals surface area contributed by atoms with Gasteiger partial charge in [0.15, 0.2) is 6.29 Å². The highest BCUT2D eigenvalue weighted by molar-refractivity contribution is 7.76. The molecule has 0 bridgehead atoms. The summed E-state index contributed by atoms with van der Waals surface area (Å²) in [5.41, 5.74) is -0.672. The van der Waals surface area contributed by atoms with Gasteiger partial charge in [0, 0.05) is 19.8 Å². The van der Waals surface area contributed by atoms with Gasteiger partial charge in [-0.2, -0.15) is 0 Å². The smallest absolute Gasteiger partial charge is 0.229 e. The number of hydrogen-bond acceptors (Lipinski definition) is 8. The summed E-state index contributed by atoms with van der Waals surface area (Å²) in [6, 6.07) is 0. The molecule has 1 aromatic rings. The van der Waals surface area contributed by atoms with Crippen molar-refractivity contribution in [3.05, 3.63) is 12.9 Å². The summed E-state index contributed by atoms with van der Waals surface area (Å²) in [6.07, 6.45) is 1.86. The van der Waals surface area contributed by atoms with Gasteiger partial charge in [-0.25, -0.2) is 0 Å². The molecule has 1 aliphatic rings. The van der Waals surface area contributed by atoms with Gasteiger partial charge in [-0.3, -0.25) is 4.79 Å². The third kappa shape index (κ3) is 5.63. The molecule has 5 nitrogen and oxygen atoms in total. The van der Waals surface area contributed by atoms with Crippen molar-refractivity contribution in [3.8, 4) is 0 Å². The molecule has 142 valence electrons. The van der Waals surface area contributed by atoms with Crippen LogP contribution < -0.4 is 0 Å². The summed E-state index contributed by atoms with van der Waals surface area (Å²) in [5, 5.41) is 0. The zero-order valence-corrected chi connectivity index (χ0v) is 17.6. The number of hydrogen-bond donors (Lipinski definition) is 0. The molecule has 1 aromatic heterocycles. The fourth-order valence-electron chi connectivity index (χ4n) is 2.63. The molecule has 1 aliphatic heterocycles. The summed E-state index contributed by atoms with van der Waals surface area (Å²) in [5.74, 6) is -0.197. The Balaban J connectivity index is 2.25. The summed E-state index contributed by atoms with van der Waals surface area (Å²) in [7, 11) is 0. The van der Waals surface area contributed by atoms with Gasteiger partial charge in [0.25, 0.3) is 0 Å². The van der Waals surface area contributed by atoms with E-state index in [0.29, 0.717) is 27.8 Å². The Hall–Kier alpha value is -0.220. The number of Topliss-reactive ketones (excluding diaryl/α,β-unsaturated/α-hetero) is 1. The van der Waals surface area contributed by atoms with E-state index in [1.165, 1.54) is 22.7 Å². The summed E-state index contributed by atoms with van der Waals surface area (Å²) in [4.78, 5) is 14.3. The molecule has 1 fully saturated rings. The van der Waals surface area contributed by atoms with Crippen LogP contribution in [0.2, 0.25) is 0 Å². The van der Waals surface area contributed by atoms with Crippen LogP contribution in [0.25, 0.3) is 0 Å². The SMILES string of the molecule is CCOC(OCC)C(=O)c1sc(=S)sc1C(C)(C)OC1CCCCO1. The number of carbonyl (C=O) groups is 1. The lowest BCUT2D eigenvalue weighted by molar-refractivity contribution is -0.218. The molecule has 0 radical (unpaired) electrons. The van der Waals surface area contributed by atoms with Crippen molar-refractivity contribution in [2.24, 2.45) is 0 Å². The monoisotopic (exact) mass is 406 g/mol. The lowest BCUT2D eigenvalue weighted by Gasteiger charge is -2.32. The Morgan fingerprint density at radius 2 is 1.96 bits per heavy atom. The van der Waals surface area contributed by atoms with Gasteiger partial charge in [-0.1, -0.05) is 12.2 Å². The van der Waals surface area contributed by atoms with E-state index in [0.717, 1.165) is 24.1 Å². The molecule has 1 atom stereocenters. The van der Waals surface area contributed by atoms with Crippen molar-refractivity contribution in [1.29, 1.82) is 0 Å². The Bertz CT molecular complexity index is 610. The zero-order chi connectivity index (χ0) is 18.4. The molecule has 2 heterocycles. The maximum atomic E-state index is 12.9. The highest BCUT2D eigenvalue weighted by Crippen LogP contribution is 2.39. The van der Waals surface area contributed by atoms with E-state index in [2.05, 4.69) is 0 Å². The highest BCUT2D eigenvalue weighted by Gasteiger charge is 2.35. The average Bonchev–Trinajstić information content (AvgIpc) is 2.97. The van der Waals surface area contributed by atoms with E-state index in [9.17, 15) is 4.79 Å². The first-order chi connectivity index (χ1) is 11.9. The predicted molar refractivity (Wildman–Crippen MR) is 102 cm³/mol. The molecular weight excluding hydrogens is 380 g/mol. The predicted octanol–water partition coefficient (Wildman–Crippen LogP) is 4.90. The molecule has 8 heteroatoms. The number of ketones is 1. The van der Waals surface area contributed by atoms with Crippen LogP contribution in [0.4, 0.5) is 0 Å². The zero-order valence-electron chi connectivity index (χ0n) is 15.2. The molecule has 1 unspecified atom stereocenters. The van der Waals surface area contributed by atoms with Crippen molar-refractivity contribution in [3.63, 3.8) is 0 Å². The van der Waals surface area contributed by atoms with Gasteiger partial charge in [-0.15, -0.1) is 22.7 Å². The van der Waals surface area contributed by atoms with Crippen molar-refractivity contribution >= 4 is 40.7 Å². The maximum Gasteiger partial charge on any atom is 0.229 e. The van der Waals surface area contributed by atoms with E-state index in [-0.39, 0.29) is 12.1 Å². The second-order valence-electron chi connectivity index (χ2n) is 6.14. The molecule has 2 rings (SSSR count). The van der Waals surface area contributed by atoms with Gasteiger partial charge in [0.05, 0.1) is 9.75 Å². The fraction of sp³-hybridized carbons (Fsp3) is 0.765. The normalized spacial score (nSPS) is 18.7. The summed E-state index contributed by atoms with van der Waals surface area (Å²) >= 11 is 8.05. The summed E-state index contributed by atoms with van der Waals surface area (Å²) in [6.45, 7) is 9.08. The lowest BCUT2D eigenvalue weighted by atomic mass is 10.0.